The number of rotatable bonds is 3. The maximum absolute atomic E-state index is 11.3. The molecule has 0 aliphatic carbocycles. The van der Waals surface area contributed by atoms with Crippen molar-refractivity contribution in [3.63, 3.8) is 0 Å². The number of imidazole rings is 1. The molecule has 3 N–H and O–H groups in total. The number of nitrogens with zero attached hydrogens (tertiary/aromatic N) is 2. The molecule has 3 heterocycles. The molecule has 1 aliphatic rings. The Balaban J connectivity index is 2.01. The number of carboxylic acids is 1. The monoisotopic (exact) mass is 277 g/mol. The molecule has 0 radical (unpaired) electrons. The summed E-state index contributed by atoms with van der Waals surface area (Å²) in [6, 6.07) is 4.08. The van der Waals surface area contributed by atoms with Crippen LogP contribution in [0.2, 0.25) is 0 Å². The lowest BCUT2D eigenvalue weighted by atomic mass is 10.0. The molecule has 3 rings (SSSR count). The van der Waals surface area contributed by atoms with E-state index in [-0.39, 0.29) is 11.7 Å². The first-order valence-corrected chi connectivity index (χ1v) is 7.12. The van der Waals surface area contributed by atoms with Crippen molar-refractivity contribution in [3.8, 4) is 0 Å². The van der Waals surface area contributed by atoms with E-state index in [2.05, 4.69) is 4.98 Å². The fraction of sp³-hybridized carbons (Fsp3) is 0.385. The smallest absolute Gasteiger partial charge is 0.356 e. The van der Waals surface area contributed by atoms with Crippen LogP contribution in [0.4, 0.5) is 0 Å². The second kappa shape index (κ2) is 4.79. The third kappa shape index (κ3) is 2.29. The number of nitrogens with two attached hydrogens (primary N) is 1. The quantitative estimate of drug-likeness (QED) is 0.891. The maximum Gasteiger partial charge on any atom is 0.356 e. The van der Waals surface area contributed by atoms with Crippen LogP contribution in [0.3, 0.4) is 0 Å². The second-order valence-corrected chi connectivity index (χ2v) is 5.82. The average molecular weight is 277 g/mol. The number of carbonyl (C=O) groups is 1. The van der Waals surface area contributed by atoms with E-state index >= 15 is 0 Å². The third-order valence-corrected chi connectivity index (χ3v) is 4.32. The molecule has 1 aliphatic heterocycles. The highest BCUT2D eigenvalue weighted by Gasteiger charge is 2.26. The van der Waals surface area contributed by atoms with Gasteiger partial charge in [0.2, 0.25) is 0 Å². The molecule has 0 saturated carbocycles. The van der Waals surface area contributed by atoms with Crippen molar-refractivity contribution in [2.45, 2.75) is 31.8 Å². The number of thiophene rings is 1. The Morgan fingerprint density at radius 3 is 3.16 bits per heavy atom. The zero-order valence-corrected chi connectivity index (χ0v) is 11.2. The van der Waals surface area contributed by atoms with Gasteiger partial charge in [0.1, 0.15) is 5.82 Å². The molecular formula is C13H15N3O2S. The summed E-state index contributed by atoms with van der Waals surface area (Å²) in [7, 11) is 0. The lowest BCUT2D eigenvalue weighted by Crippen LogP contribution is -2.32. The van der Waals surface area contributed by atoms with E-state index in [4.69, 9.17) is 5.73 Å². The number of hydrogen-bond acceptors (Lipinski definition) is 4. The number of aromatic carboxylic acids is 1. The van der Waals surface area contributed by atoms with Crippen LogP contribution in [-0.2, 0) is 19.4 Å². The SMILES string of the molecule is NC1CCn2c(Cc3cccs3)nc(C(=O)O)c2C1. The number of aromatic nitrogens is 2. The normalized spacial score (nSPS) is 18.3. The van der Waals surface area contributed by atoms with Gasteiger partial charge in [0.25, 0.3) is 0 Å². The Labute approximate surface area is 114 Å². The van der Waals surface area contributed by atoms with Crippen molar-refractivity contribution in [2.24, 2.45) is 5.73 Å². The summed E-state index contributed by atoms with van der Waals surface area (Å²) in [5.41, 5.74) is 6.88. The van der Waals surface area contributed by atoms with Crippen LogP contribution in [0.1, 0.15) is 33.3 Å². The van der Waals surface area contributed by atoms with Gasteiger partial charge in [-0.25, -0.2) is 9.78 Å². The van der Waals surface area contributed by atoms with Gasteiger partial charge >= 0.3 is 5.97 Å². The summed E-state index contributed by atoms with van der Waals surface area (Å²) < 4.78 is 2.03. The molecular weight excluding hydrogens is 262 g/mol. The Bertz CT molecular complexity index is 604. The van der Waals surface area contributed by atoms with Gasteiger partial charge in [0.15, 0.2) is 5.69 Å². The second-order valence-electron chi connectivity index (χ2n) is 4.79. The van der Waals surface area contributed by atoms with Gasteiger partial charge in [-0.15, -0.1) is 11.3 Å². The van der Waals surface area contributed by atoms with Gasteiger partial charge in [-0.1, -0.05) is 6.07 Å². The maximum atomic E-state index is 11.3. The van der Waals surface area contributed by atoms with E-state index in [0.717, 1.165) is 24.5 Å². The molecule has 1 atom stereocenters. The molecule has 100 valence electrons. The van der Waals surface area contributed by atoms with Crippen molar-refractivity contribution >= 4 is 17.3 Å². The third-order valence-electron chi connectivity index (χ3n) is 3.45. The van der Waals surface area contributed by atoms with Crippen molar-refractivity contribution in [1.29, 1.82) is 0 Å². The van der Waals surface area contributed by atoms with Crippen LogP contribution in [0.25, 0.3) is 0 Å². The molecule has 6 heteroatoms. The van der Waals surface area contributed by atoms with Gasteiger partial charge in [0, 0.05) is 30.3 Å². The van der Waals surface area contributed by atoms with Crippen LogP contribution in [-0.4, -0.2) is 26.7 Å². The van der Waals surface area contributed by atoms with Crippen LogP contribution in [0.15, 0.2) is 17.5 Å². The predicted octanol–water partition coefficient (Wildman–Crippen LogP) is 1.51. The van der Waals surface area contributed by atoms with Crippen molar-refractivity contribution in [2.75, 3.05) is 0 Å². The molecule has 0 aromatic carbocycles. The summed E-state index contributed by atoms with van der Waals surface area (Å²) in [5, 5.41) is 11.3. The van der Waals surface area contributed by atoms with E-state index in [1.54, 1.807) is 11.3 Å². The number of fused-ring (bicyclic) bond motifs is 1. The lowest BCUT2D eigenvalue weighted by Gasteiger charge is -2.22. The average Bonchev–Trinajstić information content (AvgIpc) is 2.97. The Morgan fingerprint density at radius 2 is 2.47 bits per heavy atom. The molecule has 0 spiro atoms. The minimum Gasteiger partial charge on any atom is -0.476 e. The Kier molecular flexibility index (Phi) is 3.12. The number of hydrogen-bond donors (Lipinski definition) is 2. The molecule has 0 amide bonds. The summed E-state index contributed by atoms with van der Waals surface area (Å²) in [6.07, 6.45) is 2.16. The van der Waals surface area contributed by atoms with Crippen LogP contribution in [0.5, 0.6) is 0 Å². The van der Waals surface area contributed by atoms with Crippen LogP contribution >= 0.6 is 11.3 Å². The standard InChI is InChI=1S/C13H15N3O2S/c14-8-3-4-16-10(6-8)12(13(17)18)15-11(16)7-9-2-1-5-19-9/h1-2,5,8H,3-4,6-7,14H2,(H,17,18). The van der Waals surface area contributed by atoms with Gasteiger partial charge < -0.3 is 15.4 Å². The minimum absolute atomic E-state index is 0.0388. The Morgan fingerprint density at radius 1 is 1.63 bits per heavy atom. The van der Waals surface area contributed by atoms with Gasteiger partial charge in [0.05, 0.1) is 5.69 Å². The zero-order valence-electron chi connectivity index (χ0n) is 10.4. The largest absolute Gasteiger partial charge is 0.476 e. The van der Waals surface area contributed by atoms with E-state index in [9.17, 15) is 9.90 Å². The van der Waals surface area contributed by atoms with Crippen molar-refractivity contribution < 1.29 is 9.90 Å². The molecule has 0 bridgehead atoms. The first-order valence-electron chi connectivity index (χ1n) is 6.24. The summed E-state index contributed by atoms with van der Waals surface area (Å²) >= 11 is 1.66. The van der Waals surface area contributed by atoms with Gasteiger partial charge in [-0.2, -0.15) is 0 Å². The fourth-order valence-corrected chi connectivity index (χ4v) is 3.23. The van der Waals surface area contributed by atoms with E-state index in [0.29, 0.717) is 12.8 Å². The van der Waals surface area contributed by atoms with Gasteiger partial charge in [-0.3, -0.25) is 0 Å². The van der Waals surface area contributed by atoms with E-state index < -0.39 is 5.97 Å². The molecule has 0 fully saturated rings. The highest BCUT2D eigenvalue weighted by atomic mass is 32.1. The van der Waals surface area contributed by atoms with Crippen LogP contribution < -0.4 is 5.73 Å². The fourth-order valence-electron chi connectivity index (χ4n) is 2.53. The summed E-state index contributed by atoms with van der Waals surface area (Å²) in [4.78, 5) is 16.8. The Hall–Kier alpha value is -1.66. The number of carboxylic acid groups (broad SMARTS) is 1. The topological polar surface area (TPSA) is 81.1 Å². The lowest BCUT2D eigenvalue weighted by molar-refractivity contribution is 0.0689. The summed E-state index contributed by atoms with van der Waals surface area (Å²) in [5.74, 6) is -0.128. The zero-order chi connectivity index (χ0) is 13.4. The molecule has 0 saturated heterocycles. The molecule has 2 aromatic heterocycles. The first-order chi connectivity index (χ1) is 9.15. The summed E-state index contributed by atoms with van der Waals surface area (Å²) in [6.45, 7) is 0.761. The van der Waals surface area contributed by atoms with E-state index in [1.807, 2.05) is 22.1 Å². The molecule has 2 aromatic rings. The van der Waals surface area contributed by atoms with Gasteiger partial charge in [-0.05, 0) is 17.9 Å². The molecule has 5 nitrogen and oxygen atoms in total. The highest BCUT2D eigenvalue weighted by Crippen LogP contribution is 2.23. The van der Waals surface area contributed by atoms with Crippen molar-refractivity contribution in [3.05, 3.63) is 39.6 Å². The molecule has 19 heavy (non-hydrogen) atoms. The predicted molar refractivity (Wildman–Crippen MR) is 72.6 cm³/mol. The van der Waals surface area contributed by atoms with E-state index in [1.165, 1.54) is 4.88 Å². The van der Waals surface area contributed by atoms with Crippen LogP contribution in [0, 0.1) is 0 Å². The minimum atomic E-state index is -0.963. The van der Waals surface area contributed by atoms with Crippen molar-refractivity contribution in [1.82, 2.24) is 9.55 Å². The highest BCUT2D eigenvalue weighted by molar-refractivity contribution is 7.09. The first kappa shape index (κ1) is 12.4. The molecule has 1 unspecified atom stereocenters.